The van der Waals surface area contributed by atoms with Crippen LogP contribution in [-0.4, -0.2) is 45.2 Å². The maximum Gasteiger partial charge on any atom is 0.303 e. The molecule has 0 aliphatic carbocycles. The van der Waals surface area contributed by atoms with Crippen LogP contribution in [0.15, 0.2) is 48.6 Å². The molecule has 0 spiro atoms. The zero-order valence-corrected chi connectivity index (χ0v) is 14.8. The number of allylic oxidation sites excluding steroid dienone is 5. The number of carboxylic acid groups (broad SMARTS) is 1. The van der Waals surface area contributed by atoms with Gasteiger partial charge in [0, 0.05) is 13.0 Å². The van der Waals surface area contributed by atoms with Gasteiger partial charge in [0.05, 0.1) is 12.2 Å². The molecule has 4 N–H and O–H groups in total. The lowest BCUT2D eigenvalue weighted by Gasteiger charge is -2.02. The van der Waals surface area contributed by atoms with Crippen molar-refractivity contribution in [3.63, 3.8) is 0 Å². The van der Waals surface area contributed by atoms with Gasteiger partial charge in [-0.1, -0.05) is 55.0 Å². The molecule has 0 radical (unpaired) electrons. The first-order valence-corrected chi connectivity index (χ1v) is 8.91. The van der Waals surface area contributed by atoms with Gasteiger partial charge in [0.25, 0.3) is 0 Å². The summed E-state index contributed by atoms with van der Waals surface area (Å²) in [6.45, 7) is 0.250. The Hall–Kier alpha value is -1.69. The van der Waals surface area contributed by atoms with Gasteiger partial charge in [-0.05, 0) is 38.5 Å². The van der Waals surface area contributed by atoms with Gasteiger partial charge in [0.1, 0.15) is 0 Å². The van der Waals surface area contributed by atoms with Crippen molar-refractivity contribution in [3.8, 4) is 0 Å². The Kier molecular flexibility index (Phi) is 16.0. The van der Waals surface area contributed by atoms with E-state index in [9.17, 15) is 15.0 Å². The topological polar surface area (TPSA) is 98.0 Å². The second kappa shape index (κ2) is 17.1. The minimum Gasteiger partial charge on any atom is -0.481 e. The van der Waals surface area contributed by atoms with Crippen molar-refractivity contribution in [2.24, 2.45) is 0 Å². The summed E-state index contributed by atoms with van der Waals surface area (Å²) < 4.78 is 0. The van der Waals surface area contributed by atoms with E-state index in [1.807, 2.05) is 6.08 Å². The second-order valence-corrected chi connectivity index (χ2v) is 5.86. The fraction of sp³-hybridized carbons (Fsp3) is 0.550. The van der Waals surface area contributed by atoms with Crippen LogP contribution in [0, 0.1) is 0 Å². The average molecular weight is 352 g/mol. The molecule has 0 rings (SSSR count). The van der Waals surface area contributed by atoms with Gasteiger partial charge in [-0.3, -0.25) is 4.79 Å². The number of carboxylic acids is 1. The van der Waals surface area contributed by atoms with Crippen molar-refractivity contribution in [3.05, 3.63) is 48.6 Å². The van der Waals surface area contributed by atoms with Crippen LogP contribution in [0.4, 0.5) is 0 Å². The summed E-state index contributed by atoms with van der Waals surface area (Å²) in [5, 5.41) is 36.5. The van der Waals surface area contributed by atoms with Gasteiger partial charge in [-0.15, -0.1) is 0 Å². The Balaban J connectivity index is 3.79. The maximum absolute atomic E-state index is 10.4. The Morgan fingerprint density at radius 3 is 2.16 bits per heavy atom. The van der Waals surface area contributed by atoms with E-state index in [-0.39, 0.29) is 13.0 Å². The van der Waals surface area contributed by atoms with Gasteiger partial charge < -0.3 is 20.4 Å². The first-order valence-electron chi connectivity index (χ1n) is 8.91. The lowest BCUT2D eigenvalue weighted by molar-refractivity contribution is -0.137. The molecule has 0 bridgehead atoms. The van der Waals surface area contributed by atoms with Crippen molar-refractivity contribution < 1.29 is 25.2 Å². The van der Waals surface area contributed by atoms with Gasteiger partial charge in [-0.25, -0.2) is 0 Å². The average Bonchev–Trinajstić information content (AvgIpc) is 2.56. The third kappa shape index (κ3) is 18.5. The number of hydrogen-bond acceptors (Lipinski definition) is 4. The largest absolute Gasteiger partial charge is 0.481 e. The minimum absolute atomic E-state index is 0.0679. The molecule has 0 amide bonds. The molecule has 5 heteroatoms. The summed E-state index contributed by atoms with van der Waals surface area (Å²) in [4.78, 5) is 10.4. The monoisotopic (exact) mass is 352 g/mol. The number of aliphatic hydroxyl groups excluding tert-OH is 3. The van der Waals surface area contributed by atoms with Crippen LogP contribution in [0.1, 0.15) is 51.4 Å². The summed E-state index contributed by atoms with van der Waals surface area (Å²) in [6.07, 6.45) is 18.5. The van der Waals surface area contributed by atoms with Crippen LogP contribution in [-0.2, 0) is 4.79 Å². The van der Waals surface area contributed by atoms with Crippen LogP contribution < -0.4 is 0 Å². The highest BCUT2D eigenvalue weighted by molar-refractivity contribution is 5.66. The van der Waals surface area contributed by atoms with Crippen molar-refractivity contribution >= 4 is 5.97 Å². The molecule has 0 aromatic heterocycles. The van der Waals surface area contributed by atoms with E-state index in [0.717, 1.165) is 25.7 Å². The quantitative estimate of drug-likeness (QED) is 0.206. The minimum atomic E-state index is -0.851. The SMILES string of the molecule is O=C(O)CCC[C@H](O)/C=C/C=C/C=C\[C@@H](O)C/C=C\CCCCCO. The predicted octanol–water partition coefficient (Wildman–Crippen LogP) is 3.13. The van der Waals surface area contributed by atoms with Gasteiger partial charge in [0.2, 0.25) is 0 Å². The molecular formula is C20H32O5. The summed E-state index contributed by atoms with van der Waals surface area (Å²) >= 11 is 0. The van der Waals surface area contributed by atoms with Gasteiger partial charge in [-0.2, -0.15) is 0 Å². The molecule has 0 unspecified atom stereocenters. The fourth-order valence-corrected chi connectivity index (χ4v) is 2.05. The summed E-state index contributed by atoms with van der Waals surface area (Å²) in [6, 6.07) is 0. The molecule has 0 saturated heterocycles. The normalized spacial score (nSPS) is 15.0. The smallest absolute Gasteiger partial charge is 0.303 e. The molecule has 142 valence electrons. The predicted molar refractivity (Wildman–Crippen MR) is 100 cm³/mol. The number of aliphatic hydroxyl groups is 3. The number of hydrogen-bond donors (Lipinski definition) is 4. The maximum atomic E-state index is 10.4. The van der Waals surface area contributed by atoms with Crippen LogP contribution in [0.5, 0.6) is 0 Å². The zero-order valence-electron chi connectivity index (χ0n) is 14.8. The third-order valence-electron chi connectivity index (χ3n) is 3.46. The molecule has 0 aliphatic rings. The van der Waals surface area contributed by atoms with E-state index in [0.29, 0.717) is 19.3 Å². The summed E-state index contributed by atoms with van der Waals surface area (Å²) in [7, 11) is 0. The second-order valence-electron chi connectivity index (χ2n) is 5.86. The van der Waals surface area contributed by atoms with Crippen LogP contribution in [0.25, 0.3) is 0 Å². The first-order chi connectivity index (χ1) is 12.1. The molecule has 5 nitrogen and oxygen atoms in total. The van der Waals surface area contributed by atoms with Gasteiger partial charge >= 0.3 is 5.97 Å². The van der Waals surface area contributed by atoms with E-state index in [1.165, 1.54) is 0 Å². The van der Waals surface area contributed by atoms with Crippen molar-refractivity contribution in [1.29, 1.82) is 0 Å². The Morgan fingerprint density at radius 2 is 1.52 bits per heavy atom. The molecule has 0 heterocycles. The molecule has 0 aliphatic heterocycles. The van der Waals surface area contributed by atoms with Crippen molar-refractivity contribution in [1.82, 2.24) is 0 Å². The fourth-order valence-electron chi connectivity index (χ4n) is 2.05. The molecule has 0 aromatic carbocycles. The Morgan fingerprint density at radius 1 is 0.840 bits per heavy atom. The van der Waals surface area contributed by atoms with Crippen LogP contribution in [0.2, 0.25) is 0 Å². The highest BCUT2D eigenvalue weighted by Gasteiger charge is 2.01. The molecule has 0 aromatic rings. The van der Waals surface area contributed by atoms with Crippen LogP contribution >= 0.6 is 0 Å². The molecular weight excluding hydrogens is 320 g/mol. The third-order valence-corrected chi connectivity index (χ3v) is 3.46. The zero-order chi connectivity index (χ0) is 18.8. The molecule has 2 atom stereocenters. The number of rotatable bonds is 15. The number of unbranched alkanes of at least 4 members (excludes halogenated alkanes) is 3. The Bertz CT molecular complexity index is 437. The number of carbonyl (C=O) groups is 1. The molecule has 0 fully saturated rings. The highest BCUT2D eigenvalue weighted by Crippen LogP contribution is 2.03. The summed E-state index contributed by atoms with van der Waals surface area (Å²) in [5.41, 5.74) is 0. The van der Waals surface area contributed by atoms with Crippen molar-refractivity contribution in [2.45, 2.75) is 63.6 Å². The van der Waals surface area contributed by atoms with E-state index in [1.54, 1.807) is 36.5 Å². The van der Waals surface area contributed by atoms with Gasteiger partial charge in [0.15, 0.2) is 0 Å². The lowest BCUT2D eigenvalue weighted by atomic mass is 10.1. The van der Waals surface area contributed by atoms with Crippen LogP contribution in [0.3, 0.4) is 0 Å². The molecule has 25 heavy (non-hydrogen) atoms. The van der Waals surface area contributed by atoms with E-state index in [4.69, 9.17) is 10.2 Å². The lowest BCUT2D eigenvalue weighted by Crippen LogP contribution is -2.03. The first kappa shape index (κ1) is 23.3. The molecule has 0 saturated carbocycles. The Labute approximate surface area is 150 Å². The summed E-state index contributed by atoms with van der Waals surface area (Å²) in [5.74, 6) is -0.851. The standard InChI is InChI=1S/C20H32O5/c21-17-10-6-2-1-3-7-12-18(22)13-8-4-5-9-14-19(23)15-11-16-20(24)25/h3-5,7-9,13-14,18-19,21-23H,1-2,6,10-12,15-17H2,(H,24,25)/b5-4+,7-3-,13-8-,14-9+/t18-,19+/m0/s1. The van der Waals surface area contributed by atoms with E-state index in [2.05, 4.69) is 6.08 Å². The highest BCUT2D eigenvalue weighted by atomic mass is 16.4. The number of aliphatic carboxylic acids is 1. The van der Waals surface area contributed by atoms with E-state index >= 15 is 0 Å². The van der Waals surface area contributed by atoms with E-state index < -0.39 is 18.2 Å². The van der Waals surface area contributed by atoms with Crippen molar-refractivity contribution in [2.75, 3.05) is 6.61 Å².